The van der Waals surface area contributed by atoms with Crippen LogP contribution in [0.15, 0.2) is 36.4 Å². The van der Waals surface area contributed by atoms with Crippen molar-refractivity contribution in [3.63, 3.8) is 0 Å². The molecule has 0 saturated carbocycles. The number of rotatable bonds is 4. The molecule has 20 heavy (non-hydrogen) atoms. The van der Waals surface area contributed by atoms with E-state index < -0.39 is 17.7 Å². The monoisotopic (exact) mass is 297 g/mol. The summed E-state index contributed by atoms with van der Waals surface area (Å²) in [5.74, 6) is -0.434. The van der Waals surface area contributed by atoms with Gasteiger partial charge in [-0.1, -0.05) is 11.6 Å². The Bertz CT molecular complexity index is 619. The molecule has 0 aromatic heterocycles. The second-order valence-electron chi connectivity index (χ2n) is 4.43. The van der Waals surface area contributed by atoms with Gasteiger partial charge >= 0.3 is 0 Å². The third-order valence-electron chi connectivity index (χ3n) is 3.04. The van der Waals surface area contributed by atoms with E-state index in [1.54, 1.807) is 18.2 Å². The third kappa shape index (κ3) is 3.26. The maximum absolute atomic E-state index is 13.7. The molecule has 0 amide bonds. The molecule has 106 valence electrons. The molecule has 0 aliphatic carbocycles. The number of methoxy groups -OCH3 is 1. The van der Waals surface area contributed by atoms with Crippen LogP contribution in [-0.2, 0) is 6.42 Å². The van der Waals surface area contributed by atoms with Crippen molar-refractivity contribution in [2.45, 2.75) is 12.5 Å². The van der Waals surface area contributed by atoms with Gasteiger partial charge in [0.2, 0.25) is 0 Å². The quantitative estimate of drug-likeness (QED) is 0.930. The van der Waals surface area contributed by atoms with E-state index in [0.717, 1.165) is 23.8 Å². The average Bonchev–Trinajstić information content (AvgIpc) is 2.41. The Morgan fingerprint density at radius 1 is 1.20 bits per heavy atom. The summed E-state index contributed by atoms with van der Waals surface area (Å²) in [6, 6.07) is 7.67. The SMILES string of the molecule is COc1ccc(Cl)cc1CC(N)c1cc(F)ccc1F. The Labute approximate surface area is 121 Å². The van der Waals surface area contributed by atoms with E-state index in [0.29, 0.717) is 17.2 Å². The summed E-state index contributed by atoms with van der Waals surface area (Å²) in [5.41, 5.74) is 6.84. The Morgan fingerprint density at radius 3 is 2.65 bits per heavy atom. The molecule has 2 rings (SSSR count). The molecule has 0 saturated heterocycles. The number of halogens is 3. The zero-order valence-corrected chi connectivity index (χ0v) is 11.6. The average molecular weight is 298 g/mol. The van der Waals surface area contributed by atoms with Crippen molar-refractivity contribution in [1.82, 2.24) is 0 Å². The smallest absolute Gasteiger partial charge is 0.128 e. The summed E-state index contributed by atoms with van der Waals surface area (Å²) >= 11 is 5.93. The van der Waals surface area contributed by atoms with Crippen molar-refractivity contribution in [2.24, 2.45) is 5.73 Å². The minimum atomic E-state index is -0.682. The maximum atomic E-state index is 13.7. The fourth-order valence-corrected chi connectivity index (χ4v) is 2.25. The zero-order valence-electron chi connectivity index (χ0n) is 10.9. The van der Waals surface area contributed by atoms with Crippen LogP contribution in [0.4, 0.5) is 8.78 Å². The lowest BCUT2D eigenvalue weighted by Crippen LogP contribution is -2.16. The van der Waals surface area contributed by atoms with Crippen molar-refractivity contribution in [3.8, 4) is 5.75 Å². The van der Waals surface area contributed by atoms with Crippen LogP contribution in [0.1, 0.15) is 17.2 Å². The summed E-state index contributed by atoms with van der Waals surface area (Å²) in [4.78, 5) is 0. The summed E-state index contributed by atoms with van der Waals surface area (Å²) in [7, 11) is 1.53. The van der Waals surface area contributed by atoms with E-state index in [4.69, 9.17) is 22.1 Å². The molecular weight excluding hydrogens is 284 g/mol. The van der Waals surface area contributed by atoms with Crippen LogP contribution in [0.2, 0.25) is 5.02 Å². The lowest BCUT2D eigenvalue weighted by Gasteiger charge is -2.15. The van der Waals surface area contributed by atoms with Crippen molar-refractivity contribution in [1.29, 1.82) is 0 Å². The molecule has 0 fully saturated rings. The van der Waals surface area contributed by atoms with E-state index in [9.17, 15) is 8.78 Å². The molecule has 0 spiro atoms. The molecule has 1 unspecified atom stereocenters. The highest BCUT2D eigenvalue weighted by atomic mass is 35.5. The topological polar surface area (TPSA) is 35.2 Å². The molecule has 0 bridgehead atoms. The highest BCUT2D eigenvalue weighted by molar-refractivity contribution is 6.30. The Balaban J connectivity index is 2.29. The summed E-state index contributed by atoms with van der Waals surface area (Å²) in [6.45, 7) is 0. The number of hydrogen-bond donors (Lipinski definition) is 1. The van der Waals surface area contributed by atoms with Gasteiger partial charge < -0.3 is 10.5 Å². The van der Waals surface area contributed by atoms with Gasteiger partial charge in [-0.2, -0.15) is 0 Å². The van der Waals surface area contributed by atoms with Crippen LogP contribution >= 0.6 is 11.6 Å². The van der Waals surface area contributed by atoms with Gasteiger partial charge in [0.15, 0.2) is 0 Å². The first kappa shape index (κ1) is 14.8. The molecular formula is C15H14ClF2NO. The predicted octanol–water partition coefficient (Wildman–Crippen LogP) is 3.87. The summed E-state index contributed by atoms with van der Waals surface area (Å²) in [6.07, 6.45) is 0.296. The highest BCUT2D eigenvalue weighted by Gasteiger charge is 2.15. The number of hydrogen-bond acceptors (Lipinski definition) is 2. The number of ether oxygens (including phenoxy) is 1. The van der Waals surface area contributed by atoms with Crippen LogP contribution in [0, 0.1) is 11.6 Å². The second-order valence-corrected chi connectivity index (χ2v) is 4.87. The first-order valence-electron chi connectivity index (χ1n) is 6.04. The number of nitrogens with two attached hydrogens (primary N) is 1. The van der Waals surface area contributed by atoms with E-state index in [1.807, 2.05) is 0 Å². The fourth-order valence-electron chi connectivity index (χ4n) is 2.05. The van der Waals surface area contributed by atoms with Crippen LogP contribution in [0.25, 0.3) is 0 Å². The molecule has 2 aromatic rings. The molecule has 2 aromatic carbocycles. The fraction of sp³-hybridized carbons (Fsp3) is 0.200. The molecule has 0 radical (unpaired) electrons. The maximum Gasteiger partial charge on any atom is 0.128 e. The molecule has 1 atom stereocenters. The molecule has 0 aliphatic rings. The van der Waals surface area contributed by atoms with Gasteiger partial charge in [-0.05, 0) is 48.4 Å². The van der Waals surface area contributed by atoms with E-state index in [-0.39, 0.29) is 5.56 Å². The number of benzene rings is 2. The Morgan fingerprint density at radius 2 is 1.95 bits per heavy atom. The lowest BCUT2D eigenvalue weighted by molar-refractivity contribution is 0.407. The van der Waals surface area contributed by atoms with Gasteiger partial charge in [-0.15, -0.1) is 0 Å². The molecule has 2 N–H and O–H groups in total. The second kappa shape index (κ2) is 6.20. The van der Waals surface area contributed by atoms with Crippen LogP contribution < -0.4 is 10.5 Å². The molecule has 5 heteroatoms. The van der Waals surface area contributed by atoms with E-state index in [2.05, 4.69) is 0 Å². The normalized spacial score (nSPS) is 12.2. The van der Waals surface area contributed by atoms with Gasteiger partial charge in [0, 0.05) is 16.6 Å². The lowest BCUT2D eigenvalue weighted by atomic mass is 9.98. The summed E-state index contributed by atoms with van der Waals surface area (Å²) in [5, 5.41) is 0.535. The van der Waals surface area contributed by atoms with Crippen LogP contribution in [0.5, 0.6) is 5.75 Å². The van der Waals surface area contributed by atoms with Crippen molar-refractivity contribution in [3.05, 3.63) is 64.2 Å². The van der Waals surface area contributed by atoms with Crippen LogP contribution in [-0.4, -0.2) is 7.11 Å². The van der Waals surface area contributed by atoms with Crippen LogP contribution in [0.3, 0.4) is 0 Å². The molecule has 2 nitrogen and oxygen atoms in total. The summed E-state index contributed by atoms with van der Waals surface area (Å²) < 4.78 is 32.1. The minimum absolute atomic E-state index is 0.132. The van der Waals surface area contributed by atoms with Crippen molar-refractivity contribution >= 4 is 11.6 Å². The van der Waals surface area contributed by atoms with Gasteiger partial charge in [0.1, 0.15) is 17.4 Å². The van der Waals surface area contributed by atoms with Gasteiger partial charge in [0.25, 0.3) is 0 Å². The Hall–Kier alpha value is -1.65. The van der Waals surface area contributed by atoms with Crippen molar-refractivity contribution < 1.29 is 13.5 Å². The largest absolute Gasteiger partial charge is 0.496 e. The third-order valence-corrected chi connectivity index (χ3v) is 3.27. The zero-order chi connectivity index (χ0) is 14.7. The predicted molar refractivity (Wildman–Crippen MR) is 75.0 cm³/mol. The molecule has 0 heterocycles. The first-order chi connectivity index (χ1) is 9.51. The highest BCUT2D eigenvalue weighted by Crippen LogP contribution is 2.28. The molecule has 0 aliphatic heterocycles. The van der Waals surface area contributed by atoms with Gasteiger partial charge in [-0.25, -0.2) is 8.78 Å². The van der Waals surface area contributed by atoms with Gasteiger partial charge in [0.05, 0.1) is 7.11 Å². The van der Waals surface area contributed by atoms with Crippen molar-refractivity contribution in [2.75, 3.05) is 7.11 Å². The van der Waals surface area contributed by atoms with Gasteiger partial charge in [-0.3, -0.25) is 0 Å². The van der Waals surface area contributed by atoms with E-state index >= 15 is 0 Å². The minimum Gasteiger partial charge on any atom is -0.496 e. The van der Waals surface area contributed by atoms with E-state index in [1.165, 1.54) is 7.11 Å². The first-order valence-corrected chi connectivity index (χ1v) is 6.42. The standard InChI is InChI=1S/C15H14ClF2NO/c1-20-15-5-2-10(16)6-9(15)7-14(19)12-8-11(17)3-4-13(12)18/h2-6,8,14H,7,19H2,1H3. The Kier molecular flexibility index (Phi) is 4.57.